The first-order valence-electron chi connectivity index (χ1n) is 7.36. The molecule has 0 saturated heterocycles. The molecular weight excluding hydrogens is 402 g/mol. The first-order chi connectivity index (χ1) is 9.85. The second kappa shape index (κ2) is 6.82. The molecule has 1 aromatic heterocycles. The van der Waals surface area contributed by atoms with Crippen LogP contribution < -0.4 is 0 Å². The van der Waals surface area contributed by atoms with Crippen molar-refractivity contribution >= 4 is 45.2 Å². The van der Waals surface area contributed by atoms with E-state index in [0.717, 1.165) is 29.7 Å². The maximum Gasteiger partial charge on any atom is 0.138 e. The molecule has 2 nitrogen and oxygen atoms in total. The molecule has 0 spiro atoms. The number of nitrogens with zero attached hydrogens (tertiary/aromatic N) is 2. The lowest BCUT2D eigenvalue weighted by Gasteiger charge is -2.21. The molecule has 1 heterocycles. The highest BCUT2D eigenvalue weighted by molar-refractivity contribution is 14.1. The van der Waals surface area contributed by atoms with Gasteiger partial charge in [0.15, 0.2) is 0 Å². The Labute approximate surface area is 144 Å². The zero-order valence-corrected chi connectivity index (χ0v) is 15.7. The molecule has 0 bridgehead atoms. The maximum atomic E-state index is 13.9. The average molecular weight is 423 g/mol. The van der Waals surface area contributed by atoms with Gasteiger partial charge in [0.05, 0.1) is 20.0 Å². The Kier molecular flexibility index (Phi) is 5.52. The summed E-state index contributed by atoms with van der Waals surface area (Å²) < 4.78 is 16.6. The summed E-state index contributed by atoms with van der Waals surface area (Å²) in [5.41, 5.74) is 1.66. The molecule has 0 aliphatic carbocycles. The summed E-state index contributed by atoms with van der Waals surface area (Å²) in [6, 6.07) is 3.63. The van der Waals surface area contributed by atoms with Gasteiger partial charge in [0.2, 0.25) is 0 Å². The predicted molar refractivity (Wildman–Crippen MR) is 95.5 cm³/mol. The van der Waals surface area contributed by atoms with Gasteiger partial charge >= 0.3 is 0 Å². The van der Waals surface area contributed by atoms with Crippen molar-refractivity contribution in [1.82, 2.24) is 9.55 Å². The number of halogens is 3. The Morgan fingerprint density at radius 1 is 1.33 bits per heavy atom. The van der Waals surface area contributed by atoms with Crippen LogP contribution in [0.1, 0.15) is 57.8 Å². The number of hydrogen-bond donors (Lipinski definition) is 0. The fourth-order valence-electron chi connectivity index (χ4n) is 2.71. The van der Waals surface area contributed by atoms with E-state index >= 15 is 0 Å². The van der Waals surface area contributed by atoms with Gasteiger partial charge in [0.1, 0.15) is 11.6 Å². The summed E-state index contributed by atoms with van der Waals surface area (Å²) in [6.45, 7) is 8.50. The van der Waals surface area contributed by atoms with E-state index in [9.17, 15) is 4.39 Å². The summed E-state index contributed by atoms with van der Waals surface area (Å²) >= 11 is 8.29. The number of benzene rings is 1. The minimum atomic E-state index is -0.200. The molecular formula is C16H21ClFIN2. The van der Waals surface area contributed by atoms with Gasteiger partial charge in [-0.25, -0.2) is 9.37 Å². The lowest BCUT2D eigenvalue weighted by atomic mass is 10.00. The minimum absolute atomic E-state index is 0.197. The standard InChI is InChI=1S/C16H21ClFIN2/c1-5-9(2)6-10(3)21-15-7-12(18)13(19)8-14(15)20-16(21)11(4)17/h7-11H,5-6H2,1-4H3. The number of aromatic nitrogens is 2. The Morgan fingerprint density at radius 2 is 2.00 bits per heavy atom. The molecule has 0 aliphatic rings. The lowest BCUT2D eigenvalue weighted by Crippen LogP contribution is -2.13. The Bertz CT molecular complexity index is 639. The van der Waals surface area contributed by atoms with Gasteiger partial charge in [-0.05, 0) is 54.8 Å². The minimum Gasteiger partial charge on any atom is -0.324 e. The zero-order valence-electron chi connectivity index (χ0n) is 12.8. The number of alkyl halides is 1. The van der Waals surface area contributed by atoms with Crippen LogP contribution in [0.3, 0.4) is 0 Å². The Hall–Kier alpha value is -0.360. The van der Waals surface area contributed by atoms with Crippen LogP contribution in [0.4, 0.5) is 4.39 Å². The van der Waals surface area contributed by atoms with Crippen molar-refractivity contribution in [3.8, 4) is 0 Å². The molecule has 0 saturated carbocycles. The molecule has 5 heteroatoms. The SMILES string of the molecule is CCC(C)CC(C)n1c(C(C)Cl)nc2cc(I)c(F)cc21. The van der Waals surface area contributed by atoms with Crippen molar-refractivity contribution in [2.45, 2.75) is 52.0 Å². The number of imidazole rings is 1. The summed E-state index contributed by atoms with van der Waals surface area (Å²) in [5, 5.41) is -0.197. The highest BCUT2D eigenvalue weighted by atomic mass is 127. The largest absolute Gasteiger partial charge is 0.324 e. The van der Waals surface area contributed by atoms with E-state index < -0.39 is 0 Å². The first-order valence-corrected chi connectivity index (χ1v) is 8.87. The van der Waals surface area contributed by atoms with Crippen LogP contribution in [0.25, 0.3) is 11.0 Å². The van der Waals surface area contributed by atoms with Crippen molar-refractivity contribution in [1.29, 1.82) is 0 Å². The molecule has 3 atom stereocenters. The molecule has 21 heavy (non-hydrogen) atoms. The third kappa shape index (κ3) is 3.52. The van der Waals surface area contributed by atoms with Crippen LogP contribution in [0.15, 0.2) is 12.1 Å². The van der Waals surface area contributed by atoms with Crippen LogP contribution in [0, 0.1) is 15.3 Å². The lowest BCUT2D eigenvalue weighted by molar-refractivity contribution is 0.396. The number of hydrogen-bond acceptors (Lipinski definition) is 1. The summed E-state index contributed by atoms with van der Waals surface area (Å²) in [7, 11) is 0. The fraction of sp³-hybridized carbons (Fsp3) is 0.562. The van der Waals surface area contributed by atoms with Crippen LogP contribution >= 0.6 is 34.2 Å². The highest BCUT2D eigenvalue weighted by Crippen LogP contribution is 2.32. The van der Waals surface area contributed by atoms with Crippen molar-refractivity contribution in [3.63, 3.8) is 0 Å². The van der Waals surface area contributed by atoms with Gasteiger partial charge < -0.3 is 4.57 Å². The molecule has 0 amide bonds. The summed E-state index contributed by atoms with van der Waals surface area (Å²) in [5.74, 6) is 1.24. The van der Waals surface area contributed by atoms with Crippen LogP contribution in [0.2, 0.25) is 0 Å². The number of fused-ring (bicyclic) bond motifs is 1. The zero-order chi connectivity index (χ0) is 15.7. The van der Waals surface area contributed by atoms with Crippen LogP contribution in [-0.4, -0.2) is 9.55 Å². The van der Waals surface area contributed by atoms with E-state index in [1.165, 1.54) is 0 Å². The van der Waals surface area contributed by atoms with E-state index in [-0.39, 0.29) is 17.2 Å². The first kappa shape index (κ1) is 17.0. The summed E-state index contributed by atoms with van der Waals surface area (Å²) in [4.78, 5) is 4.63. The Balaban J connectivity index is 2.57. The molecule has 2 aromatic rings. The van der Waals surface area contributed by atoms with Gasteiger partial charge in [-0.2, -0.15) is 0 Å². The topological polar surface area (TPSA) is 17.8 Å². The smallest absolute Gasteiger partial charge is 0.138 e. The molecule has 0 N–H and O–H groups in total. The van der Waals surface area contributed by atoms with Crippen LogP contribution in [0.5, 0.6) is 0 Å². The highest BCUT2D eigenvalue weighted by Gasteiger charge is 2.21. The second-order valence-corrected chi connectivity index (χ2v) is 7.63. The van der Waals surface area contributed by atoms with Crippen molar-refractivity contribution < 1.29 is 4.39 Å². The van der Waals surface area contributed by atoms with Gasteiger partial charge in [-0.3, -0.25) is 0 Å². The second-order valence-electron chi connectivity index (χ2n) is 5.81. The van der Waals surface area contributed by atoms with Gasteiger partial charge in [-0.1, -0.05) is 20.3 Å². The average Bonchev–Trinajstić information content (AvgIpc) is 2.77. The van der Waals surface area contributed by atoms with Crippen LogP contribution in [-0.2, 0) is 0 Å². The third-order valence-electron chi connectivity index (χ3n) is 4.00. The summed E-state index contributed by atoms with van der Waals surface area (Å²) in [6.07, 6.45) is 2.17. The van der Waals surface area contributed by atoms with Crippen molar-refractivity contribution in [2.75, 3.05) is 0 Å². The normalized spacial score (nSPS) is 16.1. The predicted octanol–water partition coefficient (Wildman–Crippen LogP) is 6.08. The third-order valence-corrected chi connectivity index (χ3v) is 5.02. The van der Waals surface area contributed by atoms with E-state index in [1.807, 2.05) is 29.5 Å². The molecule has 3 unspecified atom stereocenters. The quantitative estimate of drug-likeness (QED) is 0.422. The van der Waals surface area contributed by atoms with E-state index in [2.05, 4.69) is 30.3 Å². The fourth-order valence-corrected chi connectivity index (χ4v) is 3.31. The van der Waals surface area contributed by atoms with E-state index in [0.29, 0.717) is 9.49 Å². The molecule has 0 fully saturated rings. The Morgan fingerprint density at radius 3 is 2.57 bits per heavy atom. The van der Waals surface area contributed by atoms with Gasteiger partial charge in [0.25, 0.3) is 0 Å². The van der Waals surface area contributed by atoms with Gasteiger partial charge in [0, 0.05) is 12.1 Å². The monoisotopic (exact) mass is 422 g/mol. The molecule has 1 aromatic carbocycles. The van der Waals surface area contributed by atoms with Crippen molar-refractivity contribution in [2.24, 2.45) is 5.92 Å². The number of rotatable bonds is 5. The maximum absolute atomic E-state index is 13.9. The molecule has 116 valence electrons. The molecule has 2 rings (SSSR count). The molecule has 0 aliphatic heterocycles. The van der Waals surface area contributed by atoms with E-state index in [4.69, 9.17) is 11.6 Å². The van der Waals surface area contributed by atoms with E-state index in [1.54, 1.807) is 12.1 Å². The molecule has 0 radical (unpaired) electrons. The van der Waals surface area contributed by atoms with Gasteiger partial charge in [-0.15, -0.1) is 11.6 Å². The van der Waals surface area contributed by atoms with Crippen molar-refractivity contribution in [3.05, 3.63) is 27.3 Å².